The maximum atomic E-state index is 12.7. The number of phosphoric ester groups is 1. The second kappa shape index (κ2) is 36.9. The van der Waals surface area contributed by atoms with Gasteiger partial charge >= 0.3 is 11.9 Å². The minimum atomic E-state index is -4.72. The second-order valence-electron chi connectivity index (χ2n) is 15.6. The van der Waals surface area contributed by atoms with Crippen LogP contribution in [-0.4, -0.2) is 104 Å². The first-order chi connectivity index (χ1) is 28.2. The van der Waals surface area contributed by atoms with E-state index < -0.39 is 57.4 Å². The fraction of sp³-hybridized carbons (Fsp3) is 0.652. The number of carbonyl (C=O) groups is 2. The number of aliphatic hydroxyl groups excluding tert-OH is 3. The van der Waals surface area contributed by atoms with Crippen LogP contribution in [0.4, 0.5) is 0 Å². The van der Waals surface area contributed by atoms with Crippen LogP contribution in [0.1, 0.15) is 123 Å². The molecule has 0 rings (SSSR count). The van der Waals surface area contributed by atoms with Crippen molar-refractivity contribution >= 4 is 19.8 Å². The smallest absolute Gasteiger partial charge is 0.306 e. The quantitative estimate of drug-likeness (QED) is 0.0137. The molecule has 0 aliphatic rings. The number of likely N-dealkylation sites (N-methyl/N-ethyl adjacent to an activating group) is 1. The summed E-state index contributed by atoms with van der Waals surface area (Å²) in [6, 6.07) is 0. The molecule has 59 heavy (non-hydrogen) atoms. The van der Waals surface area contributed by atoms with E-state index in [2.05, 4.69) is 50.3 Å². The summed E-state index contributed by atoms with van der Waals surface area (Å²) >= 11 is 0. The summed E-state index contributed by atoms with van der Waals surface area (Å²) in [7, 11) is 0.935. The molecule has 0 heterocycles. The van der Waals surface area contributed by atoms with Crippen LogP contribution in [0.5, 0.6) is 0 Å². The summed E-state index contributed by atoms with van der Waals surface area (Å²) in [4.78, 5) is 37.5. The highest BCUT2D eigenvalue weighted by Crippen LogP contribution is 2.38. The van der Waals surface area contributed by atoms with E-state index in [1.807, 2.05) is 21.1 Å². The first-order valence-corrected chi connectivity index (χ1v) is 23.1. The van der Waals surface area contributed by atoms with Gasteiger partial charge in [-0.2, -0.15) is 0 Å². The Hall–Kier alpha value is -2.93. The number of rotatable bonds is 37. The van der Waals surface area contributed by atoms with E-state index in [0.29, 0.717) is 17.4 Å². The minimum Gasteiger partial charge on any atom is -0.756 e. The second-order valence-corrected chi connectivity index (χ2v) is 17.0. The van der Waals surface area contributed by atoms with Gasteiger partial charge in [-0.25, -0.2) is 0 Å². The topological polar surface area (TPSA) is 172 Å². The standard InChI is InChI=1S/C46H78NO11P/c1-6-8-10-11-12-13-14-15-16-17-18-19-20-25-29-35-46(52)58-42(40-57-59(53,54)56-38-37-47(3,4)5)39-55-45(51)36-30-34-44(50)43(49)33-28-24-22-21-23-27-32-41(48)31-26-9-7-2/h12-13,15-16,18-19,21-24,27-28,32-33,41-44,48-50H,6-11,14,17,20,25-26,29-31,34-40H2,1-5H3/b13-12-,16-15-,19-18-,23-21-,24-22+,32-27+,33-28+/t41-,42-,43-,44-/m1/s1. The largest absolute Gasteiger partial charge is 0.756 e. The molecule has 12 nitrogen and oxygen atoms in total. The number of hydrogen-bond acceptors (Lipinski definition) is 11. The molecule has 0 aliphatic carbocycles. The average molecular weight is 852 g/mol. The molecule has 0 radical (unpaired) electrons. The highest BCUT2D eigenvalue weighted by atomic mass is 31.2. The van der Waals surface area contributed by atoms with Crippen molar-refractivity contribution in [1.29, 1.82) is 0 Å². The lowest BCUT2D eigenvalue weighted by molar-refractivity contribution is -0.870. The summed E-state index contributed by atoms with van der Waals surface area (Å²) in [5, 5.41) is 30.5. The van der Waals surface area contributed by atoms with E-state index >= 15 is 0 Å². The van der Waals surface area contributed by atoms with Crippen LogP contribution in [0, 0.1) is 0 Å². The molecule has 13 heteroatoms. The predicted molar refractivity (Wildman–Crippen MR) is 235 cm³/mol. The van der Waals surface area contributed by atoms with Crippen LogP contribution in [0.2, 0.25) is 0 Å². The number of phosphoric acid groups is 1. The molecule has 0 bridgehead atoms. The lowest BCUT2D eigenvalue weighted by Gasteiger charge is -2.28. The summed E-state index contributed by atoms with van der Waals surface area (Å²) in [6.07, 6.45) is 35.6. The number of nitrogens with zero attached hydrogens (tertiary/aromatic N) is 1. The Morgan fingerprint density at radius 2 is 1.22 bits per heavy atom. The van der Waals surface area contributed by atoms with Gasteiger partial charge in [-0.1, -0.05) is 131 Å². The fourth-order valence-corrected chi connectivity index (χ4v) is 5.89. The third kappa shape index (κ3) is 39.0. The molecule has 3 N–H and O–H groups in total. The zero-order valence-electron chi connectivity index (χ0n) is 36.7. The van der Waals surface area contributed by atoms with Gasteiger partial charge in [-0.3, -0.25) is 14.2 Å². The van der Waals surface area contributed by atoms with Crippen molar-refractivity contribution in [3.63, 3.8) is 0 Å². The Balaban J connectivity index is 4.79. The molecule has 0 saturated heterocycles. The van der Waals surface area contributed by atoms with Crippen molar-refractivity contribution < 1.29 is 57.4 Å². The Labute approximate surface area is 356 Å². The molecule has 0 aromatic heterocycles. The number of esters is 2. The van der Waals surface area contributed by atoms with E-state index in [4.69, 9.17) is 18.5 Å². The third-order valence-corrected chi connectivity index (χ3v) is 9.72. The highest BCUT2D eigenvalue weighted by Gasteiger charge is 2.22. The first kappa shape index (κ1) is 56.1. The molecule has 338 valence electrons. The number of allylic oxidation sites excluding steroid dienone is 12. The summed E-state index contributed by atoms with van der Waals surface area (Å²) in [5.41, 5.74) is 0. The van der Waals surface area contributed by atoms with E-state index in [-0.39, 0.29) is 32.3 Å². The molecular formula is C46H78NO11P. The van der Waals surface area contributed by atoms with Crippen molar-refractivity contribution in [2.24, 2.45) is 0 Å². The van der Waals surface area contributed by atoms with Crippen LogP contribution in [-0.2, 0) is 32.7 Å². The summed E-state index contributed by atoms with van der Waals surface area (Å²) < 4.78 is 33.5. The van der Waals surface area contributed by atoms with Gasteiger partial charge in [0.15, 0.2) is 6.10 Å². The number of unbranched alkanes of at least 4 members (excludes halogenated alkanes) is 7. The molecule has 0 aliphatic heterocycles. The normalized spacial score (nSPS) is 16.0. The molecule has 0 saturated carbocycles. The minimum absolute atomic E-state index is 0.0891. The molecule has 0 aromatic carbocycles. The molecular weight excluding hydrogens is 773 g/mol. The van der Waals surface area contributed by atoms with Crippen molar-refractivity contribution in [3.8, 4) is 0 Å². The van der Waals surface area contributed by atoms with E-state index in [1.54, 1.807) is 42.5 Å². The van der Waals surface area contributed by atoms with Crippen LogP contribution < -0.4 is 4.89 Å². The van der Waals surface area contributed by atoms with Gasteiger partial charge in [0.25, 0.3) is 7.82 Å². The van der Waals surface area contributed by atoms with Crippen molar-refractivity contribution in [1.82, 2.24) is 0 Å². The molecule has 0 fully saturated rings. The number of ether oxygens (including phenoxy) is 2. The number of carbonyl (C=O) groups excluding carboxylic acids is 2. The van der Waals surface area contributed by atoms with Gasteiger partial charge in [-0.05, 0) is 64.2 Å². The van der Waals surface area contributed by atoms with Gasteiger partial charge < -0.3 is 43.2 Å². The van der Waals surface area contributed by atoms with Crippen LogP contribution in [0.25, 0.3) is 0 Å². The van der Waals surface area contributed by atoms with Gasteiger partial charge in [0.2, 0.25) is 0 Å². The molecule has 0 spiro atoms. The van der Waals surface area contributed by atoms with Crippen molar-refractivity contribution in [2.45, 2.75) is 147 Å². The first-order valence-electron chi connectivity index (χ1n) is 21.6. The van der Waals surface area contributed by atoms with E-state index in [0.717, 1.165) is 57.8 Å². The molecule has 1 unspecified atom stereocenters. The highest BCUT2D eigenvalue weighted by molar-refractivity contribution is 7.45. The fourth-order valence-electron chi connectivity index (χ4n) is 5.16. The Bertz CT molecular complexity index is 1330. The van der Waals surface area contributed by atoms with Gasteiger partial charge in [-0.15, -0.1) is 0 Å². The van der Waals surface area contributed by atoms with Crippen LogP contribution in [0.15, 0.2) is 85.1 Å². The Morgan fingerprint density at radius 3 is 1.85 bits per heavy atom. The number of hydrogen-bond donors (Lipinski definition) is 3. The maximum Gasteiger partial charge on any atom is 0.306 e. The van der Waals surface area contributed by atoms with Crippen molar-refractivity contribution in [2.75, 3.05) is 47.5 Å². The van der Waals surface area contributed by atoms with Crippen LogP contribution >= 0.6 is 7.82 Å². The van der Waals surface area contributed by atoms with Gasteiger partial charge in [0, 0.05) is 12.8 Å². The van der Waals surface area contributed by atoms with E-state index in [9.17, 15) is 34.4 Å². The van der Waals surface area contributed by atoms with Crippen LogP contribution in [0.3, 0.4) is 0 Å². The third-order valence-electron chi connectivity index (χ3n) is 8.75. The zero-order valence-corrected chi connectivity index (χ0v) is 37.6. The summed E-state index contributed by atoms with van der Waals surface area (Å²) in [5.74, 6) is -1.22. The number of quaternary nitrogens is 1. The molecule has 5 atom stereocenters. The molecule has 0 amide bonds. The zero-order chi connectivity index (χ0) is 44.0. The van der Waals surface area contributed by atoms with E-state index in [1.165, 1.54) is 25.3 Å². The maximum absolute atomic E-state index is 12.7. The SMILES string of the molecule is CCCCC/C=C\C/C=C\C/C=C\CCCCC(=O)O[C@H](COC(=O)CCC[C@@H](O)[C@H](O)/C=C/C=C/C=C\C=C\[C@H](O)CCCCC)COP(=O)([O-])OCC[N+](C)(C)C. The van der Waals surface area contributed by atoms with Crippen molar-refractivity contribution in [3.05, 3.63) is 85.1 Å². The summed E-state index contributed by atoms with van der Waals surface area (Å²) in [6.45, 7) is 3.62. The number of aliphatic hydroxyl groups is 3. The lowest BCUT2D eigenvalue weighted by Crippen LogP contribution is -2.37. The predicted octanol–water partition coefficient (Wildman–Crippen LogP) is 8.30. The lowest BCUT2D eigenvalue weighted by atomic mass is 10.1. The van der Waals surface area contributed by atoms with Gasteiger partial charge in [0.1, 0.15) is 19.8 Å². The monoisotopic (exact) mass is 852 g/mol. The Morgan fingerprint density at radius 1 is 0.661 bits per heavy atom. The molecule has 0 aromatic rings. The average Bonchev–Trinajstić information content (AvgIpc) is 3.17. The van der Waals surface area contributed by atoms with Gasteiger partial charge in [0.05, 0.1) is 46.1 Å². The Kier molecular flexibility index (Phi) is 35.1.